The first-order chi connectivity index (χ1) is 6.50. The summed E-state index contributed by atoms with van der Waals surface area (Å²) in [4.78, 5) is 0. The molecule has 0 fully saturated rings. The lowest BCUT2D eigenvalue weighted by Gasteiger charge is -2.16. The molecule has 0 aliphatic rings. The number of aliphatic hydroxyl groups excluding tert-OH is 2. The van der Waals surface area contributed by atoms with Gasteiger partial charge in [-0.05, 0) is 26.8 Å². The zero-order valence-electron chi connectivity index (χ0n) is 8.78. The predicted octanol–water partition coefficient (Wildman–Crippen LogP) is 1.80. The minimum absolute atomic E-state index is 0.531. The van der Waals surface area contributed by atoms with E-state index in [-0.39, 0.29) is 0 Å². The minimum Gasteiger partial charge on any atom is -0.389 e. The third kappa shape index (κ3) is 2.72. The van der Waals surface area contributed by atoms with Gasteiger partial charge in [0.15, 0.2) is 0 Å². The molecule has 0 aliphatic carbocycles. The molecule has 2 atom stereocenters. The molecule has 0 bridgehead atoms. The third-order valence-corrected chi connectivity index (χ3v) is 2.02. The lowest BCUT2D eigenvalue weighted by molar-refractivity contribution is 0.198. The summed E-state index contributed by atoms with van der Waals surface area (Å²) in [5, 5.41) is 21.6. The van der Waals surface area contributed by atoms with E-state index in [2.05, 4.69) is 5.32 Å². The van der Waals surface area contributed by atoms with Crippen molar-refractivity contribution >= 4 is 5.69 Å². The average molecular weight is 195 g/mol. The number of rotatable bonds is 3. The largest absolute Gasteiger partial charge is 0.389 e. The van der Waals surface area contributed by atoms with Crippen molar-refractivity contribution in [3.8, 4) is 0 Å². The lowest BCUT2D eigenvalue weighted by Crippen LogP contribution is -2.15. The van der Waals surface area contributed by atoms with Crippen LogP contribution in [-0.4, -0.2) is 16.4 Å². The van der Waals surface area contributed by atoms with Gasteiger partial charge < -0.3 is 15.5 Å². The number of aryl methyl sites for hydroxylation is 1. The quantitative estimate of drug-likeness (QED) is 0.645. The van der Waals surface area contributed by atoms with Crippen LogP contribution in [0, 0.1) is 6.92 Å². The van der Waals surface area contributed by atoms with Crippen LogP contribution in [0.5, 0.6) is 0 Å². The number of benzene rings is 1. The summed E-state index contributed by atoms with van der Waals surface area (Å²) in [7, 11) is 0. The molecule has 2 unspecified atom stereocenters. The van der Waals surface area contributed by atoms with Crippen molar-refractivity contribution in [3.63, 3.8) is 0 Å². The molecule has 3 nitrogen and oxygen atoms in total. The van der Waals surface area contributed by atoms with Gasteiger partial charge in [0.05, 0.1) is 6.10 Å². The van der Waals surface area contributed by atoms with Crippen LogP contribution in [0.15, 0.2) is 18.2 Å². The van der Waals surface area contributed by atoms with E-state index in [1.807, 2.05) is 25.1 Å². The highest BCUT2D eigenvalue weighted by atomic mass is 16.3. The zero-order chi connectivity index (χ0) is 10.7. The van der Waals surface area contributed by atoms with E-state index in [0.29, 0.717) is 0 Å². The number of hydrogen-bond acceptors (Lipinski definition) is 3. The number of aliphatic hydroxyl groups is 2. The Balaban J connectivity index is 3.02. The van der Waals surface area contributed by atoms with E-state index >= 15 is 0 Å². The van der Waals surface area contributed by atoms with Crippen LogP contribution in [0.2, 0.25) is 0 Å². The molecule has 0 heterocycles. The minimum atomic E-state index is -0.616. The van der Waals surface area contributed by atoms with Gasteiger partial charge in [-0.1, -0.05) is 17.7 Å². The van der Waals surface area contributed by atoms with Gasteiger partial charge in [0.2, 0.25) is 0 Å². The van der Waals surface area contributed by atoms with Crippen LogP contribution in [0.4, 0.5) is 5.69 Å². The molecular formula is C11H17NO2. The van der Waals surface area contributed by atoms with E-state index in [1.54, 1.807) is 13.8 Å². The van der Waals surface area contributed by atoms with Crippen LogP contribution in [-0.2, 0) is 0 Å². The second-order valence-electron chi connectivity index (χ2n) is 3.59. The van der Waals surface area contributed by atoms with Crippen molar-refractivity contribution in [3.05, 3.63) is 29.3 Å². The summed E-state index contributed by atoms with van der Waals surface area (Å²) >= 11 is 0. The van der Waals surface area contributed by atoms with E-state index in [9.17, 15) is 10.2 Å². The SMILES string of the molecule is Cc1ccc(NC(C)O)c(C(C)O)c1. The van der Waals surface area contributed by atoms with E-state index < -0.39 is 12.3 Å². The van der Waals surface area contributed by atoms with Gasteiger partial charge in [0, 0.05) is 11.3 Å². The van der Waals surface area contributed by atoms with Gasteiger partial charge in [-0.15, -0.1) is 0 Å². The Labute approximate surface area is 84.4 Å². The van der Waals surface area contributed by atoms with Crippen LogP contribution >= 0.6 is 0 Å². The van der Waals surface area contributed by atoms with Gasteiger partial charge in [-0.3, -0.25) is 0 Å². The first-order valence-electron chi connectivity index (χ1n) is 4.74. The highest BCUT2D eigenvalue weighted by Crippen LogP contribution is 2.24. The second kappa shape index (κ2) is 4.44. The molecule has 0 spiro atoms. The van der Waals surface area contributed by atoms with Gasteiger partial charge >= 0.3 is 0 Å². The fourth-order valence-electron chi connectivity index (χ4n) is 1.38. The van der Waals surface area contributed by atoms with Crippen LogP contribution in [0.25, 0.3) is 0 Å². The first kappa shape index (κ1) is 11.0. The van der Waals surface area contributed by atoms with Gasteiger partial charge in [0.25, 0.3) is 0 Å². The molecule has 0 saturated carbocycles. The maximum absolute atomic E-state index is 9.52. The monoisotopic (exact) mass is 195 g/mol. The molecule has 0 amide bonds. The van der Waals surface area contributed by atoms with Crippen molar-refractivity contribution in [1.29, 1.82) is 0 Å². The van der Waals surface area contributed by atoms with Gasteiger partial charge in [-0.25, -0.2) is 0 Å². The molecule has 0 aromatic heterocycles. The molecule has 1 aromatic carbocycles. The van der Waals surface area contributed by atoms with Crippen molar-refractivity contribution < 1.29 is 10.2 Å². The Hall–Kier alpha value is -1.06. The molecule has 14 heavy (non-hydrogen) atoms. The third-order valence-electron chi connectivity index (χ3n) is 2.02. The number of nitrogens with one attached hydrogen (secondary N) is 1. The smallest absolute Gasteiger partial charge is 0.121 e. The van der Waals surface area contributed by atoms with Gasteiger partial charge in [-0.2, -0.15) is 0 Å². The highest BCUT2D eigenvalue weighted by Gasteiger charge is 2.08. The maximum Gasteiger partial charge on any atom is 0.121 e. The summed E-state index contributed by atoms with van der Waals surface area (Å²) in [6, 6.07) is 5.72. The van der Waals surface area contributed by atoms with E-state index in [4.69, 9.17) is 0 Å². The Bertz CT molecular complexity index is 308. The molecule has 1 rings (SSSR count). The van der Waals surface area contributed by atoms with Crippen molar-refractivity contribution in [2.45, 2.75) is 33.1 Å². The molecule has 0 saturated heterocycles. The molecular weight excluding hydrogens is 178 g/mol. The van der Waals surface area contributed by atoms with Crippen LogP contribution in [0.3, 0.4) is 0 Å². The predicted molar refractivity (Wildman–Crippen MR) is 57.1 cm³/mol. The summed E-state index contributed by atoms with van der Waals surface area (Å²) in [6.45, 7) is 5.33. The standard InChI is InChI=1S/C11H17NO2/c1-7-4-5-11(12-9(3)14)10(6-7)8(2)13/h4-6,8-9,12-14H,1-3H3. The van der Waals surface area contributed by atoms with Crippen LogP contribution in [0.1, 0.15) is 31.1 Å². The fourth-order valence-corrected chi connectivity index (χ4v) is 1.38. The molecule has 3 N–H and O–H groups in total. The Morgan fingerprint density at radius 3 is 2.36 bits per heavy atom. The number of anilines is 1. The summed E-state index contributed by atoms with van der Waals surface area (Å²) in [6.07, 6.45) is -1.15. The van der Waals surface area contributed by atoms with E-state index in [1.165, 1.54) is 0 Å². The molecule has 78 valence electrons. The Morgan fingerprint density at radius 2 is 1.86 bits per heavy atom. The maximum atomic E-state index is 9.52. The summed E-state index contributed by atoms with van der Waals surface area (Å²) < 4.78 is 0. The topological polar surface area (TPSA) is 52.5 Å². The summed E-state index contributed by atoms with van der Waals surface area (Å²) in [5.74, 6) is 0. The highest BCUT2D eigenvalue weighted by molar-refractivity contribution is 5.53. The van der Waals surface area contributed by atoms with Crippen molar-refractivity contribution in [2.24, 2.45) is 0 Å². The van der Waals surface area contributed by atoms with Crippen molar-refractivity contribution in [2.75, 3.05) is 5.32 Å². The van der Waals surface area contributed by atoms with Crippen LogP contribution < -0.4 is 5.32 Å². The fraction of sp³-hybridized carbons (Fsp3) is 0.455. The van der Waals surface area contributed by atoms with E-state index in [0.717, 1.165) is 16.8 Å². The second-order valence-corrected chi connectivity index (χ2v) is 3.59. The average Bonchev–Trinajstić information content (AvgIpc) is 2.07. The lowest BCUT2D eigenvalue weighted by atomic mass is 10.1. The first-order valence-corrected chi connectivity index (χ1v) is 4.74. The zero-order valence-corrected chi connectivity index (χ0v) is 8.78. The molecule has 0 aliphatic heterocycles. The Morgan fingerprint density at radius 1 is 1.21 bits per heavy atom. The normalized spacial score (nSPS) is 14.9. The Kier molecular flexibility index (Phi) is 3.49. The van der Waals surface area contributed by atoms with Crippen molar-refractivity contribution in [1.82, 2.24) is 0 Å². The molecule has 3 heteroatoms. The molecule has 1 aromatic rings. The molecule has 0 radical (unpaired) electrons. The number of hydrogen-bond donors (Lipinski definition) is 3. The summed E-state index contributed by atoms with van der Waals surface area (Å²) in [5.41, 5.74) is 2.68. The van der Waals surface area contributed by atoms with Gasteiger partial charge in [0.1, 0.15) is 6.23 Å².